The van der Waals surface area contributed by atoms with E-state index in [-0.39, 0.29) is 0 Å². The first-order valence-electron chi connectivity index (χ1n) is 6.90. The van der Waals surface area contributed by atoms with Gasteiger partial charge in [0.05, 0.1) is 0 Å². The van der Waals surface area contributed by atoms with E-state index in [0.29, 0.717) is 12.0 Å². The monoisotopic (exact) mass is 393 g/mol. The Morgan fingerprint density at radius 3 is 2.55 bits per heavy atom. The zero-order chi connectivity index (χ0) is 14.1. The zero-order valence-corrected chi connectivity index (χ0v) is 14.5. The summed E-state index contributed by atoms with van der Waals surface area (Å²) in [6.45, 7) is 2.15. The highest BCUT2D eigenvalue weighted by molar-refractivity contribution is 9.10. The maximum Gasteiger partial charge on any atom is 0.0383 e. The molecule has 0 atom stereocenters. The van der Waals surface area contributed by atoms with Crippen LogP contribution in [0.3, 0.4) is 0 Å². The first kappa shape index (κ1) is 14.2. The average Bonchev–Trinajstić information content (AvgIpc) is 2.38. The fourth-order valence-corrected chi connectivity index (χ4v) is 3.74. The smallest absolute Gasteiger partial charge is 0.0383 e. The molecule has 0 unspecified atom stereocenters. The highest BCUT2D eigenvalue weighted by atomic mass is 79.9. The van der Waals surface area contributed by atoms with Crippen molar-refractivity contribution in [1.82, 2.24) is 0 Å². The molecule has 0 spiro atoms. The van der Waals surface area contributed by atoms with Crippen LogP contribution < -0.4 is 5.32 Å². The van der Waals surface area contributed by atoms with Crippen LogP contribution in [-0.4, -0.2) is 6.04 Å². The predicted octanol–water partition coefficient (Wildman–Crippen LogP) is 5.88. The Morgan fingerprint density at radius 2 is 1.80 bits per heavy atom. The van der Waals surface area contributed by atoms with Gasteiger partial charge < -0.3 is 5.32 Å². The summed E-state index contributed by atoms with van der Waals surface area (Å²) in [6.07, 6.45) is 2.41. The predicted molar refractivity (Wildman–Crippen MR) is 92.4 cm³/mol. The summed E-state index contributed by atoms with van der Waals surface area (Å²) in [5.41, 5.74) is 3.99. The van der Waals surface area contributed by atoms with Gasteiger partial charge in [0.15, 0.2) is 0 Å². The molecule has 3 heteroatoms. The van der Waals surface area contributed by atoms with Gasteiger partial charge in [0.25, 0.3) is 0 Å². The van der Waals surface area contributed by atoms with Crippen molar-refractivity contribution in [3.05, 3.63) is 62.5 Å². The first-order valence-corrected chi connectivity index (χ1v) is 8.49. The lowest BCUT2D eigenvalue weighted by Gasteiger charge is -2.37. The van der Waals surface area contributed by atoms with Crippen molar-refractivity contribution in [2.24, 2.45) is 0 Å². The summed E-state index contributed by atoms with van der Waals surface area (Å²) in [4.78, 5) is 0. The van der Waals surface area contributed by atoms with Crippen LogP contribution in [0.25, 0.3) is 0 Å². The van der Waals surface area contributed by atoms with Crippen molar-refractivity contribution in [3.8, 4) is 0 Å². The molecule has 0 bridgehead atoms. The summed E-state index contributed by atoms with van der Waals surface area (Å²) in [5.74, 6) is 0.676. The Kier molecular flexibility index (Phi) is 4.18. The van der Waals surface area contributed by atoms with Gasteiger partial charge in [0.1, 0.15) is 0 Å². The average molecular weight is 395 g/mol. The van der Waals surface area contributed by atoms with Crippen molar-refractivity contribution < 1.29 is 0 Å². The third-order valence-electron chi connectivity index (χ3n) is 4.04. The van der Waals surface area contributed by atoms with Crippen LogP contribution >= 0.6 is 31.9 Å². The quantitative estimate of drug-likeness (QED) is 0.685. The highest BCUT2D eigenvalue weighted by Crippen LogP contribution is 2.41. The van der Waals surface area contributed by atoms with E-state index in [1.807, 2.05) is 0 Å². The lowest BCUT2D eigenvalue weighted by atomic mass is 9.76. The summed E-state index contributed by atoms with van der Waals surface area (Å²) in [5, 5.41) is 3.66. The van der Waals surface area contributed by atoms with E-state index in [9.17, 15) is 0 Å². The Morgan fingerprint density at radius 1 is 1.05 bits per heavy atom. The Balaban J connectivity index is 1.64. The van der Waals surface area contributed by atoms with E-state index in [1.165, 1.54) is 34.1 Å². The Labute approximate surface area is 137 Å². The van der Waals surface area contributed by atoms with Gasteiger partial charge in [-0.05, 0) is 55.0 Å². The van der Waals surface area contributed by atoms with Crippen LogP contribution in [0.4, 0.5) is 5.69 Å². The maximum absolute atomic E-state index is 3.66. The van der Waals surface area contributed by atoms with Crippen LogP contribution in [0.15, 0.2) is 51.4 Å². The fourth-order valence-electron chi connectivity index (χ4n) is 2.77. The lowest BCUT2D eigenvalue weighted by Crippen LogP contribution is -2.34. The topological polar surface area (TPSA) is 12.0 Å². The molecule has 20 heavy (non-hydrogen) atoms. The van der Waals surface area contributed by atoms with Gasteiger partial charge in [-0.15, -0.1) is 0 Å². The number of anilines is 1. The van der Waals surface area contributed by atoms with Crippen molar-refractivity contribution in [2.45, 2.75) is 31.7 Å². The molecule has 104 valence electrons. The summed E-state index contributed by atoms with van der Waals surface area (Å²) < 4.78 is 2.37. The van der Waals surface area contributed by atoms with E-state index < -0.39 is 0 Å². The van der Waals surface area contributed by atoms with Gasteiger partial charge in [-0.3, -0.25) is 0 Å². The Hall–Kier alpha value is -0.800. The minimum atomic E-state index is 0.583. The molecule has 1 fully saturated rings. The number of hydrogen-bond donors (Lipinski definition) is 1. The lowest BCUT2D eigenvalue weighted by molar-refractivity contribution is 0.373. The molecular weight excluding hydrogens is 378 g/mol. The number of hydrogen-bond acceptors (Lipinski definition) is 1. The molecule has 1 saturated carbocycles. The van der Waals surface area contributed by atoms with Crippen LogP contribution in [0.2, 0.25) is 0 Å². The van der Waals surface area contributed by atoms with Crippen molar-refractivity contribution in [3.63, 3.8) is 0 Å². The third-order valence-corrected chi connectivity index (χ3v) is 5.26. The highest BCUT2D eigenvalue weighted by Gasteiger charge is 2.31. The normalized spacial score (nSPS) is 21.4. The van der Waals surface area contributed by atoms with Crippen molar-refractivity contribution in [1.29, 1.82) is 0 Å². The molecule has 1 nitrogen and oxygen atoms in total. The SMILES string of the molecule is Cc1ccc(Br)cc1NC1CC(c2ccccc2Br)C1. The van der Waals surface area contributed by atoms with Crippen LogP contribution in [0.5, 0.6) is 0 Å². The molecule has 2 aromatic carbocycles. The van der Waals surface area contributed by atoms with E-state index in [2.05, 4.69) is 86.6 Å². The zero-order valence-electron chi connectivity index (χ0n) is 11.4. The maximum atomic E-state index is 3.66. The number of aryl methyl sites for hydroxylation is 1. The molecule has 0 aliphatic heterocycles. The molecule has 0 aromatic heterocycles. The number of rotatable bonds is 3. The molecule has 0 heterocycles. The molecule has 3 rings (SSSR count). The molecule has 0 amide bonds. The third kappa shape index (κ3) is 2.94. The van der Waals surface area contributed by atoms with Crippen molar-refractivity contribution >= 4 is 37.5 Å². The standard InChI is InChI=1S/C17H17Br2N/c1-11-6-7-13(18)10-17(11)20-14-8-12(9-14)15-4-2-3-5-16(15)19/h2-7,10,12,14,20H,8-9H2,1H3. The summed E-state index contributed by atoms with van der Waals surface area (Å²) in [7, 11) is 0. The number of benzene rings is 2. The van der Waals surface area contributed by atoms with Gasteiger partial charge in [-0.2, -0.15) is 0 Å². The van der Waals surface area contributed by atoms with Gasteiger partial charge in [-0.25, -0.2) is 0 Å². The van der Waals surface area contributed by atoms with Crippen molar-refractivity contribution in [2.75, 3.05) is 5.32 Å². The second kappa shape index (κ2) is 5.90. The van der Waals surface area contributed by atoms with Crippen LogP contribution in [0, 0.1) is 6.92 Å². The molecular formula is C17H17Br2N. The first-order chi connectivity index (χ1) is 9.63. The summed E-state index contributed by atoms with van der Waals surface area (Å²) >= 11 is 7.19. The molecule has 0 saturated heterocycles. The summed E-state index contributed by atoms with van der Waals surface area (Å²) in [6, 6.07) is 15.6. The fraction of sp³-hybridized carbons (Fsp3) is 0.294. The van der Waals surface area contributed by atoms with E-state index in [0.717, 1.165) is 4.47 Å². The van der Waals surface area contributed by atoms with Gasteiger partial charge >= 0.3 is 0 Å². The largest absolute Gasteiger partial charge is 0.382 e. The van der Waals surface area contributed by atoms with Crippen LogP contribution in [0.1, 0.15) is 29.9 Å². The minimum Gasteiger partial charge on any atom is -0.382 e. The van der Waals surface area contributed by atoms with Crippen LogP contribution in [-0.2, 0) is 0 Å². The van der Waals surface area contributed by atoms with Gasteiger partial charge in [-0.1, -0.05) is 56.1 Å². The second-order valence-electron chi connectivity index (χ2n) is 5.49. The molecule has 0 radical (unpaired) electrons. The Bertz CT molecular complexity index is 618. The number of nitrogens with one attached hydrogen (secondary N) is 1. The van der Waals surface area contributed by atoms with Gasteiger partial charge in [0.2, 0.25) is 0 Å². The molecule has 1 aliphatic carbocycles. The van der Waals surface area contributed by atoms with E-state index >= 15 is 0 Å². The van der Waals surface area contributed by atoms with E-state index in [4.69, 9.17) is 0 Å². The second-order valence-corrected chi connectivity index (χ2v) is 7.26. The molecule has 1 aliphatic rings. The molecule has 2 aromatic rings. The van der Waals surface area contributed by atoms with Gasteiger partial charge in [0, 0.05) is 20.7 Å². The van der Waals surface area contributed by atoms with E-state index in [1.54, 1.807) is 0 Å². The molecule has 1 N–H and O–H groups in total. The number of halogens is 2. The minimum absolute atomic E-state index is 0.583.